The number of esters is 1. The van der Waals surface area contributed by atoms with Crippen molar-refractivity contribution in [1.82, 2.24) is 15.0 Å². The molecule has 2 rings (SSSR count). The third-order valence-corrected chi connectivity index (χ3v) is 2.91. The van der Waals surface area contributed by atoms with Gasteiger partial charge in [-0.15, -0.1) is 5.10 Å². The standard InChI is InChI=1S/C12H12ClN3O2/c1-7-4-5-9(13)6-10(7)16-8(2)11(14-15-16)12(17)18-3/h4-6H,1-3H3. The van der Waals surface area contributed by atoms with E-state index in [1.165, 1.54) is 7.11 Å². The maximum atomic E-state index is 11.5. The quantitative estimate of drug-likeness (QED) is 0.782. The first-order chi connectivity index (χ1) is 8.54. The van der Waals surface area contributed by atoms with Gasteiger partial charge >= 0.3 is 5.97 Å². The Hall–Kier alpha value is -1.88. The largest absolute Gasteiger partial charge is 0.464 e. The van der Waals surface area contributed by atoms with Gasteiger partial charge in [0.25, 0.3) is 0 Å². The van der Waals surface area contributed by atoms with Gasteiger partial charge in [-0.05, 0) is 31.5 Å². The molecule has 0 aliphatic heterocycles. The van der Waals surface area contributed by atoms with Crippen molar-refractivity contribution < 1.29 is 9.53 Å². The number of rotatable bonds is 2. The number of carbonyl (C=O) groups excluding carboxylic acids is 1. The zero-order valence-corrected chi connectivity index (χ0v) is 11.0. The Balaban J connectivity index is 2.55. The number of halogens is 1. The van der Waals surface area contributed by atoms with Crippen LogP contribution in [0.4, 0.5) is 0 Å². The number of aryl methyl sites for hydroxylation is 1. The molecule has 1 heterocycles. The molecule has 0 saturated heterocycles. The minimum Gasteiger partial charge on any atom is -0.464 e. The lowest BCUT2D eigenvalue weighted by molar-refractivity contribution is 0.0593. The number of hydrogen-bond donors (Lipinski definition) is 0. The van der Waals surface area contributed by atoms with Crippen molar-refractivity contribution in [2.45, 2.75) is 13.8 Å². The highest BCUT2D eigenvalue weighted by molar-refractivity contribution is 6.30. The Morgan fingerprint density at radius 3 is 2.78 bits per heavy atom. The molecular formula is C12H12ClN3O2. The van der Waals surface area contributed by atoms with Gasteiger partial charge in [0.1, 0.15) is 0 Å². The molecule has 5 nitrogen and oxygen atoms in total. The molecule has 6 heteroatoms. The van der Waals surface area contributed by atoms with E-state index in [4.69, 9.17) is 11.6 Å². The molecule has 0 N–H and O–H groups in total. The fourth-order valence-corrected chi connectivity index (χ4v) is 1.82. The molecular weight excluding hydrogens is 254 g/mol. The Morgan fingerprint density at radius 2 is 2.11 bits per heavy atom. The fraction of sp³-hybridized carbons (Fsp3) is 0.250. The van der Waals surface area contributed by atoms with Crippen molar-refractivity contribution in [1.29, 1.82) is 0 Å². The van der Waals surface area contributed by atoms with Gasteiger partial charge in [0, 0.05) is 5.02 Å². The number of hydrogen-bond acceptors (Lipinski definition) is 4. The molecule has 94 valence electrons. The van der Waals surface area contributed by atoms with Gasteiger partial charge in [0.05, 0.1) is 18.5 Å². The van der Waals surface area contributed by atoms with Gasteiger partial charge < -0.3 is 4.74 Å². The molecule has 0 amide bonds. The van der Waals surface area contributed by atoms with Crippen LogP contribution in [0.5, 0.6) is 0 Å². The first kappa shape index (κ1) is 12.6. The first-order valence-electron chi connectivity index (χ1n) is 5.31. The fourth-order valence-electron chi connectivity index (χ4n) is 1.65. The van der Waals surface area contributed by atoms with E-state index in [1.54, 1.807) is 23.7 Å². The second-order valence-corrected chi connectivity index (χ2v) is 4.29. The van der Waals surface area contributed by atoms with Crippen molar-refractivity contribution in [3.8, 4) is 5.69 Å². The second kappa shape index (κ2) is 4.78. The molecule has 0 aliphatic carbocycles. The van der Waals surface area contributed by atoms with Gasteiger partial charge in [0.15, 0.2) is 5.69 Å². The molecule has 0 aliphatic rings. The van der Waals surface area contributed by atoms with Crippen molar-refractivity contribution >= 4 is 17.6 Å². The Labute approximate surface area is 109 Å². The van der Waals surface area contributed by atoms with Crippen molar-refractivity contribution in [2.75, 3.05) is 7.11 Å². The zero-order chi connectivity index (χ0) is 13.3. The van der Waals surface area contributed by atoms with E-state index >= 15 is 0 Å². The average molecular weight is 266 g/mol. The summed E-state index contributed by atoms with van der Waals surface area (Å²) in [5.74, 6) is -0.501. The molecule has 0 atom stereocenters. The molecule has 1 aromatic heterocycles. The summed E-state index contributed by atoms with van der Waals surface area (Å²) in [6, 6.07) is 5.46. The van der Waals surface area contributed by atoms with Crippen molar-refractivity contribution in [3.63, 3.8) is 0 Å². The summed E-state index contributed by atoms with van der Waals surface area (Å²) >= 11 is 5.96. The lowest BCUT2D eigenvalue weighted by Gasteiger charge is -2.07. The zero-order valence-electron chi connectivity index (χ0n) is 10.3. The lowest BCUT2D eigenvalue weighted by atomic mass is 10.2. The van der Waals surface area contributed by atoms with E-state index in [1.807, 2.05) is 13.0 Å². The normalized spacial score (nSPS) is 10.4. The van der Waals surface area contributed by atoms with Gasteiger partial charge in [-0.2, -0.15) is 0 Å². The summed E-state index contributed by atoms with van der Waals surface area (Å²) in [5, 5.41) is 8.40. The number of ether oxygens (including phenoxy) is 1. The topological polar surface area (TPSA) is 57.0 Å². The molecule has 0 fully saturated rings. The van der Waals surface area contributed by atoms with Crippen LogP contribution in [0.15, 0.2) is 18.2 Å². The second-order valence-electron chi connectivity index (χ2n) is 3.86. The predicted molar refractivity (Wildman–Crippen MR) is 67.2 cm³/mol. The summed E-state index contributed by atoms with van der Waals surface area (Å²) in [6.45, 7) is 3.69. The summed E-state index contributed by atoms with van der Waals surface area (Å²) < 4.78 is 6.22. The number of benzene rings is 1. The first-order valence-corrected chi connectivity index (χ1v) is 5.69. The van der Waals surface area contributed by atoms with Crippen LogP contribution in [0, 0.1) is 13.8 Å². The van der Waals surface area contributed by atoms with E-state index in [9.17, 15) is 4.79 Å². The number of carbonyl (C=O) groups is 1. The maximum absolute atomic E-state index is 11.5. The SMILES string of the molecule is COC(=O)c1nnn(-c2cc(Cl)ccc2C)c1C. The van der Waals surface area contributed by atoms with Gasteiger partial charge in [-0.3, -0.25) is 0 Å². The summed E-state index contributed by atoms with van der Waals surface area (Å²) in [5.41, 5.74) is 2.61. The van der Waals surface area contributed by atoms with E-state index in [0.29, 0.717) is 10.7 Å². The minimum atomic E-state index is -0.501. The minimum absolute atomic E-state index is 0.205. The Bertz CT molecular complexity index is 607. The van der Waals surface area contributed by atoms with Crippen LogP contribution in [0.1, 0.15) is 21.7 Å². The molecule has 0 spiro atoms. The van der Waals surface area contributed by atoms with Crippen LogP contribution in [0.25, 0.3) is 5.69 Å². The lowest BCUT2D eigenvalue weighted by Crippen LogP contribution is -2.06. The molecule has 18 heavy (non-hydrogen) atoms. The monoisotopic (exact) mass is 265 g/mol. The molecule has 0 saturated carbocycles. The summed E-state index contributed by atoms with van der Waals surface area (Å²) in [6.07, 6.45) is 0. The molecule has 0 unspecified atom stereocenters. The van der Waals surface area contributed by atoms with Gasteiger partial charge in [0.2, 0.25) is 0 Å². The Morgan fingerprint density at radius 1 is 1.39 bits per heavy atom. The highest BCUT2D eigenvalue weighted by Crippen LogP contribution is 2.20. The highest BCUT2D eigenvalue weighted by Gasteiger charge is 2.18. The van der Waals surface area contributed by atoms with E-state index in [0.717, 1.165) is 11.3 Å². The van der Waals surface area contributed by atoms with Crippen LogP contribution >= 0.6 is 11.6 Å². The molecule has 0 bridgehead atoms. The third kappa shape index (κ3) is 2.09. The van der Waals surface area contributed by atoms with E-state index < -0.39 is 5.97 Å². The van der Waals surface area contributed by atoms with Gasteiger partial charge in [-0.25, -0.2) is 9.48 Å². The number of nitrogens with zero attached hydrogens (tertiary/aromatic N) is 3. The number of aromatic nitrogens is 3. The highest BCUT2D eigenvalue weighted by atomic mass is 35.5. The average Bonchev–Trinajstić information content (AvgIpc) is 2.73. The van der Waals surface area contributed by atoms with Crippen molar-refractivity contribution in [3.05, 3.63) is 40.2 Å². The summed E-state index contributed by atoms with van der Waals surface area (Å²) in [4.78, 5) is 11.5. The van der Waals surface area contributed by atoms with Crippen LogP contribution in [0.2, 0.25) is 5.02 Å². The molecule has 1 aromatic carbocycles. The third-order valence-electron chi connectivity index (χ3n) is 2.67. The predicted octanol–water partition coefficient (Wildman–Crippen LogP) is 2.32. The molecule has 2 aromatic rings. The maximum Gasteiger partial charge on any atom is 0.360 e. The van der Waals surface area contributed by atoms with E-state index in [2.05, 4.69) is 15.0 Å². The summed E-state index contributed by atoms with van der Waals surface area (Å²) in [7, 11) is 1.31. The number of methoxy groups -OCH3 is 1. The Kier molecular flexibility index (Phi) is 3.34. The smallest absolute Gasteiger partial charge is 0.360 e. The van der Waals surface area contributed by atoms with Gasteiger partial charge in [-0.1, -0.05) is 22.9 Å². The van der Waals surface area contributed by atoms with Crippen molar-refractivity contribution in [2.24, 2.45) is 0 Å². The van der Waals surface area contributed by atoms with Crippen LogP contribution in [0.3, 0.4) is 0 Å². The van der Waals surface area contributed by atoms with Crippen LogP contribution in [-0.4, -0.2) is 28.1 Å². The van der Waals surface area contributed by atoms with E-state index in [-0.39, 0.29) is 5.69 Å². The van der Waals surface area contributed by atoms with Crippen LogP contribution < -0.4 is 0 Å². The van der Waals surface area contributed by atoms with Crippen LogP contribution in [-0.2, 0) is 4.74 Å². The molecule has 0 radical (unpaired) electrons.